The third-order valence-electron chi connectivity index (χ3n) is 4.87. The fourth-order valence-corrected chi connectivity index (χ4v) is 3.30. The van der Waals surface area contributed by atoms with E-state index in [-0.39, 0.29) is 5.78 Å². The molecule has 5 heteroatoms. The smallest absolute Gasteiger partial charge is 0.190 e. The van der Waals surface area contributed by atoms with E-state index in [1.807, 2.05) is 30.5 Å². The third-order valence-corrected chi connectivity index (χ3v) is 4.87. The Kier molecular flexibility index (Phi) is 3.19. The first-order valence-electron chi connectivity index (χ1n) is 8.18. The zero-order chi connectivity index (χ0) is 17.9. The fraction of sp³-hybridized carbons (Fsp3) is 0.250. The zero-order valence-electron chi connectivity index (χ0n) is 14.6. The number of aryl methyl sites for hydroxylation is 2. The molecular weight excluding hydrogens is 317 g/mol. The van der Waals surface area contributed by atoms with E-state index in [1.54, 1.807) is 26.1 Å². The molecule has 1 aliphatic rings. The molecule has 0 aliphatic carbocycles. The summed E-state index contributed by atoms with van der Waals surface area (Å²) in [6.45, 7) is 7.56. The van der Waals surface area contributed by atoms with Gasteiger partial charge in [-0.1, -0.05) is 6.07 Å². The van der Waals surface area contributed by atoms with Gasteiger partial charge in [-0.25, -0.2) is 8.91 Å². The monoisotopic (exact) mass is 335 g/mol. The standard InChI is InChI=1S/C20H18FN3O/c1-11-5-8-17-16(10-22-24(17)12(11)2)18-14-7-6-13(21)9-15(14)19(25)20(3,4)23-18/h5-10H,1-4H3. The lowest BCUT2D eigenvalue weighted by atomic mass is 9.84. The van der Waals surface area contributed by atoms with Gasteiger partial charge >= 0.3 is 0 Å². The minimum Gasteiger partial charge on any atom is -0.291 e. The number of nitrogens with zero attached hydrogens (tertiary/aromatic N) is 3. The lowest BCUT2D eigenvalue weighted by molar-refractivity contribution is 0.0912. The van der Waals surface area contributed by atoms with Gasteiger partial charge in [0.15, 0.2) is 5.78 Å². The number of Topliss-reactive ketones (excluding diaryl/α,β-unsaturated/α-hetero) is 1. The number of carbonyl (C=O) groups excluding carboxylic acids is 1. The van der Waals surface area contributed by atoms with Crippen LogP contribution >= 0.6 is 0 Å². The van der Waals surface area contributed by atoms with Crippen LogP contribution in [0.15, 0.2) is 41.5 Å². The Morgan fingerprint density at radius 2 is 1.80 bits per heavy atom. The van der Waals surface area contributed by atoms with Gasteiger partial charge in [0.05, 0.1) is 17.4 Å². The van der Waals surface area contributed by atoms with Crippen LogP contribution in [-0.2, 0) is 0 Å². The summed E-state index contributed by atoms with van der Waals surface area (Å²) in [5, 5.41) is 4.49. The highest BCUT2D eigenvalue weighted by atomic mass is 19.1. The van der Waals surface area contributed by atoms with E-state index in [1.165, 1.54) is 12.1 Å². The maximum Gasteiger partial charge on any atom is 0.190 e. The molecule has 0 saturated carbocycles. The third kappa shape index (κ3) is 2.22. The molecule has 0 fully saturated rings. The molecule has 4 nitrogen and oxygen atoms in total. The quantitative estimate of drug-likeness (QED) is 0.677. The Hall–Kier alpha value is -2.82. The summed E-state index contributed by atoms with van der Waals surface area (Å²) in [4.78, 5) is 17.4. The molecule has 0 unspecified atom stereocenters. The Morgan fingerprint density at radius 3 is 2.56 bits per heavy atom. The summed E-state index contributed by atoms with van der Waals surface area (Å²) in [5.41, 5.74) is 4.72. The van der Waals surface area contributed by atoms with Crippen molar-refractivity contribution in [1.82, 2.24) is 9.61 Å². The summed E-state index contributed by atoms with van der Waals surface area (Å²) in [6.07, 6.45) is 1.76. The van der Waals surface area contributed by atoms with E-state index in [2.05, 4.69) is 5.10 Å². The first-order valence-corrected chi connectivity index (χ1v) is 8.18. The number of aromatic nitrogens is 2. The minimum atomic E-state index is -0.940. The summed E-state index contributed by atoms with van der Waals surface area (Å²) in [6, 6.07) is 8.33. The highest BCUT2D eigenvalue weighted by Crippen LogP contribution is 2.31. The number of rotatable bonds is 1. The van der Waals surface area contributed by atoms with Crippen LogP contribution in [0.3, 0.4) is 0 Å². The Balaban J connectivity index is 2.03. The molecule has 0 atom stereocenters. The van der Waals surface area contributed by atoms with Crippen LogP contribution in [0.5, 0.6) is 0 Å². The number of hydrogen-bond donors (Lipinski definition) is 0. The molecule has 3 aromatic rings. The van der Waals surface area contributed by atoms with Crippen LogP contribution in [-0.4, -0.2) is 26.6 Å². The normalized spacial score (nSPS) is 16.0. The van der Waals surface area contributed by atoms with Gasteiger partial charge in [-0.3, -0.25) is 9.79 Å². The molecule has 0 amide bonds. The molecule has 0 bridgehead atoms. The van der Waals surface area contributed by atoms with Crippen molar-refractivity contribution < 1.29 is 9.18 Å². The number of benzene rings is 1. The van der Waals surface area contributed by atoms with Crippen molar-refractivity contribution in [3.63, 3.8) is 0 Å². The first kappa shape index (κ1) is 15.7. The number of halogens is 1. The maximum absolute atomic E-state index is 13.7. The topological polar surface area (TPSA) is 46.7 Å². The molecule has 126 valence electrons. The van der Waals surface area contributed by atoms with Crippen molar-refractivity contribution in [2.24, 2.45) is 4.99 Å². The van der Waals surface area contributed by atoms with Gasteiger partial charge in [0.1, 0.15) is 11.4 Å². The molecule has 4 rings (SSSR count). The van der Waals surface area contributed by atoms with Crippen LogP contribution in [0.4, 0.5) is 4.39 Å². The molecule has 0 radical (unpaired) electrons. The molecule has 2 aromatic heterocycles. The molecule has 3 heterocycles. The number of carbonyl (C=O) groups is 1. The molecule has 1 aliphatic heterocycles. The van der Waals surface area contributed by atoms with Crippen molar-refractivity contribution >= 4 is 17.0 Å². The first-order chi connectivity index (χ1) is 11.8. The molecule has 0 N–H and O–H groups in total. The van der Waals surface area contributed by atoms with Gasteiger partial charge in [-0.15, -0.1) is 0 Å². The number of pyridine rings is 1. The number of hydrogen-bond acceptors (Lipinski definition) is 3. The second kappa shape index (κ2) is 5.09. The summed E-state index contributed by atoms with van der Waals surface area (Å²) in [5.74, 6) is -0.593. The molecular formula is C20H18FN3O. The lowest BCUT2D eigenvalue weighted by Gasteiger charge is -2.27. The SMILES string of the molecule is Cc1ccc2c(C3=NC(C)(C)C(=O)c4cc(F)ccc43)cnn2c1C. The van der Waals surface area contributed by atoms with Gasteiger partial charge in [0, 0.05) is 22.4 Å². The van der Waals surface area contributed by atoms with Crippen molar-refractivity contribution in [2.45, 2.75) is 33.2 Å². The van der Waals surface area contributed by atoms with Crippen LogP contribution in [0.2, 0.25) is 0 Å². The van der Waals surface area contributed by atoms with Gasteiger partial charge < -0.3 is 0 Å². The highest BCUT2D eigenvalue weighted by Gasteiger charge is 2.36. The minimum absolute atomic E-state index is 0.172. The van der Waals surface area contributed by atoms with Crippen LogP contribution in [0.25, 0.3) is 5.52 Å². The van der Waals surface area contributed by atoms with E-state index in [9.17, 15) is 9.18 Å². The van der Waals surface area contributed by atoms with Gasteiger partial charge in [-0.05, 0) is 57.5 Å². The molecule has 0 saturated heterocycles. The van der Waals surface area contributed by atoms with Crippen molar-refractivity contribution in [2.75, 3.05) is 0 Å². The van der Waals surface area contributed by atoms with Crippen molar-refractivity contribution in [3.8, 4) is 0 Å². The van der Waals surface area contributed by atoms with Gasteiger partial charge in [0.25, 0.3) is 0 Å². The number of fused-ring (bicyclic) bond motifs is 2. The van der Waals surface area contributed by atoms with Crippen molar-refractivity contribution in [1.29, 1.82) is 0 Å². The summed E-state index contributed by atoms with van der Waals surface area (Å²) < 4.78 is 15.6. The Morgan fingerprint density at radius 1 is 1.04 bits per heavy atom. The average molecular weight is 335 g/mol. The van der Waals surface area contributed by atoms with Crippen LogP contribution < -0.4 is 0 Å². The van der Waals surface area contributed by atoms with E-state index in [0.717, 1.165) is 22.3 Å². The van der Waals surface area contributed by atoms with E-state index < -0.39 is 11.4 Å². The van der Waals surface area contributed by atoms with Crippen LogP contribution in [0, 0.1) is 19.7 Å². The largest absolute Gasteiger partial charge is 0.291 e. The van der Waals surface area contributed by atoms with Crippen LogP contribution in [0.1, 0.15) is 46.6 Å². The lowest BCUT2D eigenvalue weighted by Crippen LogP contribution is -2.36. The Labute approximate surface area is 145 Å². The maximum atomic E-state index is 13.7. The average Bonchev–Trinajstić information content (AvgIpc) is 2.99. The second-order valence-corrected chi connectivity index (χ2v) is 7.00. The van der Waals surface area contributed by atoms with E-state index in [0.29, 0.717) is 16.8 Å². The van der Waals surface area contributed by atoms with Crippen molar-refractivity contribution in [3.05, 3.63) is 70.3 Å². The predicted octanol–water partition coefficient (Wildman–Crippen LogP) is 3.90. The van der Waals surface area contributed by atoms with Gasteiger partial charge in [0.2, 0.25) is 0 Å². The van der Waals surface area contributed by atoms with Gasteiger partial charge in [-0.2, -0.15) is 5.10 Å². The molecule has 25 heavy (non-hydrogen) atoms. The number of aliphatic imine (C=N–C) groups is 1. The fourth-order valence-electron chi connectivity index (χ4n) is 3.30. The summed E-state index contributed by atoms with van der Waals surface area (Å²) >= 11 is 0. The highest BCUT2D eigenvalue weighted by molar-refractivity contribution is 6.25. The second-order valence-electron chi connectivity index (χ2n) is 7.00. The van der Waals surface area contributed by atoms with E-state index >= 15 is 0 Å². The van der Waals surface area contributed by atoms with E-state index in [4.69, 9.17) is 4.99 Å². The number of ketones is 1. The molecule has 1 aromatic carbocycles. The zero-order valence-corrected chi connectivity index (χ0v) is 14.6. The summed E-state index contributed by atoms with van der Waals surface area (Å²) in [7, 11) is 0. The molecule has 0 spiro atoms. The predicted molar refractivity (Wildman–Crippen MR) is 95.1 cm³/mol. The Bertz CT molecular complexity index is 1080.